The fourth-order valence-corrected chi connectivity index (χ4v) is 1.82. The summed E-state index contributed by atoms with van der Waals surface area (Å²) in [6.45, 7) is 7.47. The largest absolute Gasteiger partial charge is 0.367 e. The molecule has 1 heterocycles. The Morgan fingerprint density at radius 2 is 1.61 bits per heavy atom. The van der Waals surface area contributed by atoms with Crippen molar-refractivity contribution in [3.8, 4) is 0 Å². The molecule has 0 bridgehead atoms. The van der Waals surface area contributed by atoms with E-state index in [1.807, 2.05) is 7.05 Å². The number of hydrogen-bond donors (Lipinski definition) is 0. The van der Waals surface area contributed by atoms with Crippen molar-refractivity contribution in [2.45, 2.75) is 6.92 Å². The van der Waals surface area contributed by atoms with Crippen LogP contribution in [0.1, 0.15) is 6.92 Å². The monoisotopic (exact) mass is 256 g/mol. The van der Waals surface area contributed by atoms with Crippen LogP contribution in [0.15, 0.2) is 23.7 Å². The van der Waals surface area contributed by atoms with Gasteiger partial charge in [-0.25, -0.2) is 0 Å². The molecule has 8 heteroatoms. The van der Waals surface area contributed by atoms with Crippen LogP contribution in [0.2, 0.25) is 0 Å². The highest BCUT2D eigenvalue weighted by Crippen LogP contribution is 2.19. The molecule has 0 spiro atoms. The first kappa shape index (κ1) is 14.1. The van der Waals surface area contributed by atoms with E-state index in [4.69, 9.17) is 0 Å². The van der Waals surface area contributed by atoms with Crippen molar-refractivity contribution in [1.29, 1.82) is 0 Å². The molecule has 1 rings (SSSR count). The van der Waals surface area contributed by atoms with Crippen molar-refractivity contribution in [2.75, 3.05) is 33.2 Å². The number of piperazine rings is 1. The van der Waals surface area contributed by atoms with Crippen LogP contribution in [-0.4, -0.2) is 52.9 Å². The van der Waals surface area contributed by atoms with E-state index in [2.05, 4.69) is 11.5 Å². The van der Waals surface area contributed by atoms with E-state index in [0.717, 1.165) is 13.1 Å². The Balaban J connectivity index is 3.01. The number of likely N-dealkylation sites (N-methyl/N-ethyl adjacent to an activating group) is 1. The Bertz CT molecular complexity index is 410. The van der Waals surface area contributed by atoms with Gasteiger partial charge in [0.05, 0.1) is 15.5 Å². The topological polar surface area (TPSA) is 92.8 Å². The number of allylic oxidation sites excluding steroid dienone is 1. The molecule has 0 radical (unpaired) electrons. The molecule has 0 aliphatic carbocycles. The lowest BCUT2D eigenvalue weighted by molar-refractivity contribution is -0.480. The van der Waals surface area contributed by atoms with E-state index in [9.17, 15) is 20.2 Å². The summed E-state index contributed by atoms with van der Waals surface area (Å²) in [5, 5.41) is 21.6. The van der Waals surface area contributed by atoms with Gasteiger partial charge in [-0.3, -0.25) is 20.2 Å². The Hall–Kier alpha value is -1.96. The second-order valence-electron chi connectivity index (χ2n) is 4.19. The van der Waals surface area contributed by atoms with Crippen molar-refractivity contribution in [2.24, 2.45) is 0 Å². The summed E-state index contributed by atoms with van der Waals surface area (Å²) in [6.07, 6.45) is 0. The summed E-state index contributed by atoms with van der Waals surface area (Å²) >= 11 is 0. The van der Waals surface area contributed by atoms with E-state index in [0.29, 0.717) is 18.8 Å². The molecule has 8 nitrogen and oxygen atoms in total. The van der Waals surface area contributed by atoms with Crippen molar-refractivity contribution in [1.82, 2.24) is 9.80 Å². The van der Waals surface area contributed by atoms with E-state index < -0.39 is 21.2 Å². The summed E-state index contributed by atoms with van der Waals surface area (Å²) in [4.78, 5) is 23.9. The molecule has 1 saturated heterocycles. The Morgan fingerprint density at radius 1 is 1.11 bits per heavy atom. The van der Waals surface area contributed by atoms with Crippen molar-refractivity contribution >= 4 is 0 Å². The SMILES string of the molecule is C=C(C(=C(C)N1CCN(C)CC1)[N+](=O)[O-])[N+](=O)[O-]. The summed E-state index contributed by atoms with van der Waals surface area (Å²) in [5.41, 5.74) is -0.879. The maximum Gasteiger partial charge on any atom is 0.363 e. The highest BCUT2D eigenvalue weighted by atomic mass is 16.6. The molecule has 0 aromatic heterocycles. The summed E-state index contributed by atoms with van der Waals surface area (Å²) in [6, 6.07) is 0. The second kappa shape index (κ2) is 5.58. The van der Waals surface area contributed by atoms with E-state index in [-0.39, 0.29) is 0 Å². The van der Waals surface area contributed by atoms with Crippen molar-refractivity contribution in [3.05, 3.63) is 43.9 Å². The molecule has 0 saturated carbocycles. The maximum atomic E-state index is 10.9. The van der Waals surface area contributed by atoms with Gasteiger partial charge in [0.2, 0.25) is 0 Å². The molecule has 0 atom stereocenters. The maximum absolute atomic E-state index is 10.9. The van der Waals surface area contributed by atoms with Gasteiger partial charge in [0, 0.05) is 26.2 Å². The van der Waals surface area contributed by atoms with Crippen LogP contribution in [0.3, 0.4) is 0 Å². The second-order valence-corrected chi connectivity index (χ2v) is 4.19. The van der Waals surface area contributed by atoms with Crippen molar-refractivity contribution < 1.29 is 9.85 Å². The molecular formula is C10H16N4O4. The average Bonchev–Trinajstić information content (AvgIpc) is 2.29. The minimum atomic E-state index is -0.822. The first-order valence-corrected chi connectivity index (χ1v) is 5.47. The standard InChI is InChI=1S/C10H16N4O4/c1-8(12-6-4-11(3)5-7-12)10(14(17)18)9(2)13(15)16/h2,4-7H2,1,3H3. The first-order chi connectivity index (χ1) is 8.34. The van der Waals surface area contributed by atoms with E-state index >= 15 is 0 Å². The summed E-state index contributed by atoms with van der Waals surface area (Å²) < 4.78 is 0. The van der Waals surface area contributed by atoms with Gasteiger partial charge in [-0.1, -0.05) is 0 Å². The highest BCUT2D eigenvalue weighted by molar-refractivity contribution is 5.20. The highest BCUT2D eigenvalue weighted by Gasteiger charge is 2.32. The zero-order chi connectivity index (χ0) is 13.9. The van der Waals surface area contributed by atoms with E-state index in [1.165, 1.54) is 6.92 Å². The zero-order valence-electron chi connectivity index (χ0n) is 10.5. The summed E-state index contributed by atoms with van der Waals surface area (Å²) in [7, 11) is 1.96. The smallest absolute Gasteiger partial charge is 0.363 e. The van der Waals surface area contributed by atoms with Crippen LogP contribution in [-0.2, 0) is 0 Å². The molecular weight excluding hydrogens is 240 g/mol. The lowest BCUT2D eigenvalue weighted by atomic mass is 10.2. The Kier molecular flexibility index (Phi) is 4.38. The predicted molar refractivity (Wildman–Crippen MR) is 64.9 cm³/mol. The van der Waals surface area contributed by atoms with Gasteiger partial charge < -0.3 is 9.80 Å². The number of nitro groups is 2. The average molecular weight is 256 g/mol. The predicted octanol–water partition coefficient (Wildman–Crippen LogP) is 0.532. The third kappa shape index (κ3) is 3.04. The minimum absolute atomic E-state index is 0.301. The zero-order valence-corrected chi connectivity index (χ0v) is 10.5. The fourth-order valence-electron chi connectivity index (χ4n) is 1.82. The van der Waals surface area contributed by atoms with Crippen LogP contribution in [0.25, 0.3) is 0 Å². The number of nitrogens with zero attached hydrogens (tertiary/aromatic N) is 4. The molecule has 18 heavy (non-hydrogen) atoms. The molecule has 100 valence electrons. The number of rotatable bonds is 4. The molecule has 0 aromatic rings. The Labute approximate surface area is 104 Å². The molecule has 0 aromatic carbocycles. The third-order valence-corrected chi connectivity index (χ3v) is 3.00. The molecule has 0 amide bonds. The lowest BCUT2D eigenvalue weighted by Crippen LogP contribution is -2.44. The van der Waals surface area contributed by atoms with Gasteiger partial charge >= 0.3 is 11.4 Å². The minimum Gasteiger partial charge on any atom is -0.367 e. The molecule has 0 unspecified atom stereocenters. The molecule has 1 aliphatic rings. The van der Waals surface area contributed by atoms with Crippen LogP contribution in [0.4, 0.5) is 0 Å². The fraction of sp³-hybridized carbons (Fsp3) is 0.600. The summed E-state index contributed by atoms with van der Waals surface area (Å²) in [5.74, 6) is 0. The van der Waals surface area contributed by atoms with Crippen LogP contribution in [0.5, 0.6) is 0 Å². The Morgan fingerprint density at radius 3 is 2.00 bits per heavy atom. The molecule has 1 aliphatic heterocycles. The normalized spacial score (nSPS) is 18.2. The van der Waals surface area contributed by atoms with Gasteiger partial charge in [0.1, 0.15) is 0 Å². The quantitative estimate of drug-likeness (QED) is 0.414. The molecule has 1 fully saturated rings. The van der Waals surface area contributed by atoms with Gasteiger partial charge in [-0.05, 0) is 20.6 Å². The molecule has 0 N–H and O–H groups in total. The van der Waals surface area contributed by atoms with Crippen LogP contribution in [0, 0.1) is 20.2 Å². The van der Waals surface area contributed by atoms with E-state index in [1.54, 1.807) is 4.90 Å². The lowest BCUT2D eigenvalue weighted by Gasteiger charge is -2.33. The van der Waals surface area contributed by atoms with Gasteiger partial charge in [-0.15, -0.1) is 0 Å². The van der Waals surface area contributed by atoms with Gasteiger partial charge in [0.15, 0.2) is 0 Å². The van der Waals surface area contributed by atoms with Crippen LogP contribution >= 0.6 is 0 Å². The third-order valence-electron chi connectivity index (χ3n) is 3.00. The number of hydrogen-bond acceptors (Lipinski definition) is 6. The van der Waals surface area contributed by atoms with Crippen molar-refractivity contribution in [3.63, 3.8) is 0 Å². The van der Waals surface area contributed by atoms with Crippen LogP contribution < -0.4 is 0 Å². The van der Waals surface area contributed by atoms with Gasteiger partial charge in [0.25, 0.3) is 0 Å². The first-order valence-electron chi connectivity index (χ1n) is 5.47. The van der Waals surface area contributed by atoms with Gasteiger partial charge in [-0.2, -0.15) is 0 Å².